The lowest BCUT2D eigenvalue weighted by molar-refractivity contribution is -0.120. The van der Waals surface area contributed by atoms with Gasteiger partial charge in [0.15, 0.2) is 11.6 Å². The van der Waals surface area contributed by atoms with Crippen LogP contribution in [0.1, 0.15) is 11.7 Å². The van der Waals surface area contributed by atoms with Crippen molar-refractivity contribution in [1.82, 2.24) is 15.3 Å². The van der Waals surface area contributed by atoms with Crippen molar-refractivity contribution in [2.45, 2.75) is 6.10 Å². The fourth-order valence-electron chi connectivity index (χ4n) is 1.89. The molecule has 2 N–H and O–H groups in total. The number of halogens is 2. The number of benzene rings is 1. The summed E-state index contributed by atoms with van der Waals surface area (Å²) in [5.74, 6) is -1.85. The zero-order valence-electron chi connectivity index (χ0n) is 12.4. The number of likely N-dealkylation sites (N-methyl/N-ethyl adjacent to an activating group) is 1. The summed E-state index contributed by atoms with van der Waals surface area (Å²) < 4.78 is 25.9. The lowest BCUT2D eigenvalue weighted by atomic mass is 10.1. The average molecular weight is 322 g/mol. The first-order valence-electron chi connectivity index (χ1n) is 6.84. The number of carbonyl (C=O) groups excluding carboxylic acids is 1. The molecule has 1 heterocycles. The van der Waals surface area contributed by atoms with Crippen molar-refractivity contribution < 1.29 is 18.7 Å². The van der Waals surface area contributed by atoms with Crippen molar-refractivity contribution in [3.63, 3.8) is 0 Å². The summed E-state index contributed by atoms with van der Waals surface area (Å²) in [6.45, 7) is -0.0958. The van der Waals surface area contributed by atoms with E-state index in [0.29, 0.717) is 5.82 Å². The first-order valence-corrected chi connectivity index (χ1v) is 6.84. The van der Waals surface area contributed by atoms with Crippen LogP contribution in [0.4, 0.5) is 14.6 Å². The second-order valence-corrected chi connectivity index (χ2v) is 4.91. The second-order valence-electron chi connectivity index (χ2n) is 4.91. The van der Waals surface area contributed by atoms with Gasteiger partial charge >= 0.3 is 0 Å². The van der Waals surface area contributed by atoms with E-state index >= 15 is 0 Å². The van der Waals surface area contributed by atoms with Gasteiger partial charge < -0.3 is 15.3 Å². The van der Waals surface area contributed by atoms with Crippen molar-refractivity contribution in [2.75, 3.05) is 25.0 Å². The molecule has 0 saturated carbocycles. The Balaban J connectivity index is 1.85. The van der Waals surface area contributed by atoms with Crippen molar-refractivity contribution in [3.8, 4) is 0 Å². The highest BCUT2D eigenvalue weighted by atomic mass is 19.2. The quantitative estimate of drug-likeness (QED) is 0.831. The highest BCUT2D eigenvalue weighted by Gasteiger charge is 2.13. The van der Waals surface area contributed by atoms with Gasteiger partial charge in [-0.15, -0.1) is 0 Å². The van der Waals surface area contributed by atoms with Gasteiger partial charge in [-0.05, 0) is 17.7 Å². The Labute approximate surface area is 131 Å². The van der Waals surface area contributed by atoms with E-state index in [2.05, 4.69) is 15.3 Å². The lowest BCUT2D eigenvalue weighted by Gasteiger charge is -2.18. The molecule has 0 spiro atoms. The van der Waals surface area contributed by atoms with Gasteiger partial charge in [-0.25, -0.2) is 13.8 Å². The topological polar surface area (TPSA) is 78.4 Å². The molecule has 0 aliphatic heterocycles. The van der Waals surface area contributed by atoms with Crippen LogP contribution in [-0.2, 0) is 4.79 Å². The van der Waals surface area contributed by atoms with Gasteiger partial charge in [-0.1, -0.05) is 6.07 Å². The summed E-state index contributed by atoms with van der Waals surface area (Å²) in [6, 6.07) is 3.09. The van der Waals surface area contributed by atoms with Gasteiger partial charge in [-0.2, -0.15) is 0 Å². The van der Waals surface area contributed by atoms with Crippen molar-refractivity contribution in [2.24, 2.45) is 0 Å². The Kier molecular flexibility index (Phi) is 5.53. The number of amides is 1. The summed E-state index contributed by atoms with van der Waals surface area (Å²) in [6.07, 6.45) is 3.42. The van der Waals surface area contributed by atoms with E-state index in [0.717, 1.165) is 12.1 Å². The smallest absolute Gasteiger partial charge is 0.239 e. The Bertz CT molecular complexity index is 670. The third-order valence-electron chi connectivity index (χ3n) is 3.14. The third-order valence-corrected chi connectivity index (χ3v) is 3.14. The first-order chi connectivity index (χ1) is 11.0. The van der Waals surface area contributed by atoms with Gasteiger partial charge in [0.2, 0.25) is 5.91 Å². The van der Waals surface area contributed by atoms with Crippen molar-refractivity contribution in [3.05, 3.63) is 54.0 Å². The Morgan fingerprint density at radius 1 is 1.35 bits per heavy atom. The van der Waals surface area contributed by atoms with E-state index in [1.165, 1.54) is 24.7 Å². The maximum Gasteiger partial charge on any atom is 0.239 e. The minimum absolute atomic E-state index is 0.0171. The van der Waals surface area contributed by atoms with E-state index in [1.807, 2.05) is 0 Å². The van der Waals surface area contributed by atoms with Crippen LogP contribution in [0.5, 0.6) is 0 Å². The minimum atomic E-state index is -1.13. The first kappa shape index (κ1) is 16.8. The summed E-state index contributed by atoms with van der Waals surface area (Å²) in [5.41, 5.74) is 0.187. The average Bonchev–Trinajstić information content (AvgIpc) is 2.56. The number of aliphatic hydroxyl groups is 1. The molecule has 2 aromatic rings. The molecule has 0 bridgehead atoms. The molecule has 2 rings (SSSR count). The standard InChI is InChI=1S/C15H16F2N4O2/c1-21(14-8-18-4-5-19-14)9-15(23)20-7-13(22)10-2-3-11(16)12(17)6-10/h2-6,8,13,22H,7,9H2,1H3,(H,20,23). The van der Waals surface area contributed by atoms with Crippen molar-refractivity contribution >= 4 is 11.7 Å². The number of carbonyl (C=O) groups is 1. The van der Waals surface area contributed by atoms with Crippen LogP contribution in [0.25, 0.3) is 0 Å². The van der Waals surface area contributed by atoms with E-state index in [-0.39, 0.29) is 24.6 Å². The zero-order chi connectivity index (χ0) is 16.8. The molecule has 0 fully saturated rings. The predicted octanol–water partition coefficient (Wildman–Crippen LogP) is 1.04. The van der Waals surface area contributed by atoms with Crippen LogP contribution in [-0.4, -0.2) is 41.1 Å². The SMILES string of the molecule is CN(CC(=O)NCC(O)c1ccc(F)c(F)c1)c1cnccn1. The minimum Gasteiger partial charge on any atom is -0.387 e. The molecule has 6 nitrogen and oxygen atoms in total. The monoisotopic (exact) mass is 322 g/mol. The van der Waals surface area contributed by atoms with Gasteiger partial charge in [0.25, 0.3) is 0 Å². The lowest BCUT2D eigenvalue weighted by Crippen LogP contribution is -2.37. The fraction of sp³-hybridized carbons (Fsp3) is 0.267. The van der Waals surface area contributed by atoms with Crippen LogP contribution in [0.2, 0.25) is 0 Å². The summed E-state index contributed by atoms with van der Waals surface area (Å²) in [4.78, 5) is 21.4. The molecule has 122 valence electrons. The third kappa shape index (κ3) is 4.68. The number of hydrogen-bond donors (Lipinski definition) is 2. The second kappa shape index (κ2) is 7.59. The van der Waals surface area contributed by atoms with Gasteiger partial charge in [0.05, 0.1) is 18.8 Å². The molecular formula is C15H16F2N4O2. The normalized spacial score (nSPS) is 11.8. The summed E-state index contributed by atoms with van der Waals surface area (Å²) >= 11 is 0. The molecule has 1 aromatic carbocycles. The Morgan fingerprint density at radius 3 is 2.78 bits per heavy atom. The molecule has 0 radical (unpaired) electrons. The summed E-state index contributed by atoms with van der Waals surface area (Å²) in [7, 11) is 1.68. The molecule has 1 atom stereocenters. The predicted molar refractivity (Wildman–Crippen MR) is 79.6 cm³/mol. The highest BCUT2D eigenvalue weighted by Crippen LogP contribution is 2.15. The number of aliphatic hydroxyl groups excluding tert-OH is 1. The molecule has 0 aliphatic carbocycles. The molecule has 1 amide bonds. The number of nitrogens with zero attached hydrogens (tertiary/aromatic N) is 3. The highest BCUT2D eigenvalue weighted by molar-refractivity contribution is 5.80. The fourth-order valence-corrected chi connectivity index (χ4v) is 1.89. The van der Waals surface area contributed by atoms with E-state index < -0.39 is 17.7 Å². The van der Waals surface area contributed by atoms with Crippen molar-refractivity contribution in [1.29, 1.82) is 0 Å². The van der Waals surface area contributed by atoms with Crippen LogP contribution >= 0.6 is 0 Å². The number of nitrogens with one attached hydrogen (secondary N) is 1. The molecule has 0 saturated heterocycles. The zero-order valence-corrected chi connectivity index (χ0v) is 12.4. The number of aromatic nitrogens is 2. The largest absolute Gasteiger partial charge is 0.387 e. The van der Waals surface area contributed by atoms with Gasteiger partial charge in [0, 0.05) is 26.0 Å². The van der Waals surface area contributed by atoms with E-state index in [1.54, 1.807) is 11.9 Å². The Hall–Kier alpha value is -2.61. The van der Waals surface area contributed by atoms with Crippen LogP contribution in [0, 0.1) is 11.6 Å². The number of anilines is 1. The maximum absolute atomic E-state index is 13.1. The maximum atomic E-state index is 13.1. The van der Waals surface area contributed by atoms with E-state index in [4.69, 9.17) is 0 Å². The van der Waals surface area contributed by atoms with E-state index in [9.17, 15) is 18.7 Å². The number of hydrogen-bond acceptors (Lipinski definition) is 5. The summed E-state index contributed by atoms with van der Waals surface area (Å²) in [5, 5.41) is 12.4. The molecule has 8 heteroatoms. The molecule has 1 aromatic heterocycles. The molecule has 1 unspecified atom stereocenters. The van der Waals surface area contributed by atoms with Gasteiger partial charge in [-0.3, -0.25) is 9.78 Å². The van der Waals surface area contributed by atoms with Crippen LogP contribution in [0.3, 0.4) is 0 Å². The van der Waals surface area contributed by atoms with Crippen LogP contribution < -0.4 is 10.2 Å². The van der Waals surface area contributed by atoms with Gasteiger partial charge in [0.1, 0.15) is 5.82 Å². The Morgan fingerprint density at radius 2 is 2.13 bits per heavy atom. The van der Waals surface area contributed by atoms with Crippen LogP contribution in [0.15, 0.2) is 36.8 Å². The molecule has 0 aliphatic rings. The molecular weight excluding hydrogens is 306 g/mol. The molecule has 23 heavy (non-hydrogen) atoms. The number of rotatable bonds is 6.